The molecule has 0 atom stereocenters. The van der Waals surface area contributed by atoms with E-state index in [1.807, 2.05) is 0 Å². The lowest BCUT2D eigenvalue weighted by Gasteiger charge is -2.06. The van der Waals surface area contributed by atoms with E-state index in [0.717, 1.165) is 30.0 Å². The molecule has 2 rings (SSSR count). The number of esters is 1. The fraction of sp³-hybridized carbons (Fsp3) is 0.308. The zero-order valence-corrected chi connectivity index (χ0v) is 18.7. The molecule has 2 aromatic rings. The summed E-state index contributed by atoms with van der Waals surface area (Å²) < 4.78 is 23.2. The van der Waals surface area contributed by atoms with Crippen LogP contribution in [0.15, 0.2) is 66.8 Å². The summed E-state index contributed by atoms with van der Waals surface area (Å²) in [5, 5.41) is 8.52. The van der Waals surface area contributed by atoms with E-state index in [1.165, 1.54) is 31.1 Å². The van der Waals surface area contributed by atoms with Gasteiger partial charge < -0.3 is 14.6 Å². The summed E-state index contributed by atoms with van der Waals surface area (Å²) >= 11 is 0. The molecule has 0 saturated heterocycles. The Balaban J connectivity index is 0.000000368. The predicted molar refractivity (Wildman–Crippen MR) is 124 cm³/mol. The van der Waals surface area contributed by atoms with Gasteiger partial charge in [-0.05, 0) is 54.8 Å². The second-order valence-corrected chi connectivity index (χ2v) is 7.13. The average Bonchev–Trinajstić information content (AvgIpc) is 2.78. The highest BCUT2D eigenvalue weighted by Gasteiger charge is 2.01. The fourth-order valence-corrected chi connectivity index (χ4v) is 2.41. The summed E-state index contributed by atoms with van der Waals surface area (Å²) in [5.74, 6) is -0.863. The molecule has 32 heavy (non-hydrogen) atoms. The number of carbonyl (C=O) groups is 2. The molecule has 0 spiro atoms. The van der Waals surface area contributed by atoms with Crippen molar-refractivity contribution < 1.29 is 28.6 Å². The first-order valence-corrected chi connectivity index (χ1v) is 10.5. The number of rotatable bonds is 11. The molecule has 0 bridgehead atoms. The molecule has 0 fully saturated rings. The maximum absolute atomic E-state index is 12.7. The van der Waals surface area contributed by atoms with Gasteiger partial charge in [0, 0.05) is 11.6 Å². The van der Waals surface area contributed by atoms with E-state index in [0.29, 0.717) is 24.5 Å². The maximum atomic E-state index is 12.7. The Morgan fingerprint density at radius 1 is 1.03 bits per heavy atom. The van der Waals surface area contributed by atoms with Gasteiger partial charge in [0.15, 0.2) is 0 Å². The van der Waals surface area contributed by atoms with Crippen LogP contribution in [0.5, 0.6) is 5.75 Å². The van der Waals surface area contributed by atoms with Crippen LogP contribution < -0.4 is 4.74 Å². The van der Waals surface area contributed by atoms with Crippen molar-refractivity contribution in [3.63, 3.8) is 0 Å². The Hall–Kier alpha value is -3.41. The smallest absolute Gasteiger partial charge is 0.333 e. The van der Waals surface area contributed by atoms with Crippen molar-refractivity contribution in [1.82, 2.24) is 0 Å². The molecule has 0 heterocycles. The van der Waals surface area contributed by atoms with Gasteiger partial charge >= 0.3 is 11.9 Å². The number of carbonyl (C=O) groups excluding carboxylic acids is 1. The van der Waals surface area contributed by atoms with Crippen LogP contribution in [-0.2, 0) is 20.9 Å². The molecule has 0 unspecified atom stereocenters. The highest BCUT2D eigenvalue weighted by atomic mass is 19.1. The Labute approximate surface area is 189 Å². The van der Waals surface area contributed by atoms with Gasteiger partial charge in [-0.15, -0.1) is 0 Å². The van der Waals surface area contributed by atoms with Crippen molar-refractivity contribution in [2.75, 3.05) is 6.61 Å². The third kappa shape index (κ3) is 12.3. The lowest BCUT2D eigenvalue weighted by Crippen LogP contribution is -2.05. The molecule has 2 aromatic carbocycles. The summed E-state index contributed by atoms with van der Waals surface area (Å²) in [6, 6.07) is 13.1. The van der Waals surface area contributed by atoms with E-state index in [2.05, 4.69) is 13.5 Å². The van der Waals surface area contributed by atoms with Crippen molar-refractivity contribution in [3.05, 3.63) is 83.7 Å². The first kappa shape index (κ1) is 26.6. The molecule has 0 saturated carbocycles. The van der Waals surface area contributed by atoms with Crippen LogP contribution in [0.4, 0.5) is 4.39 Å². The van der Waals surface area contributed by atoms with E-state index in [9.17, 15) is 14.0 Å². The quantitative estimate of drug-likeness (QED) is 0.255. The number of unbranched alkanes of at least 4 members (excludes halogenated alkanes) is 3. The molecule has 172 valence electrons. The van der Waals surface area contributed by atoms with E-state index < -0.39 is 5.97 Å². The molecule has 6 heteroatoms. The lowest BCUT2D eigenvalue weighted by atomic mass is 10.2. The van der Waals surface area contributed by atoms with Gasteiger partial charge in [-0.2, -0.15) is 0 Å². The highest BCUT2D eigenvalue weighted by molar-refractivity contribution is 5.87. The van der Waals surface area contributed by atoms with Gasteiger partial charge in [0.2, 0.25) is 0 Å². The first-order chi connectivity index (χ1) is 15.3. The first-order valence-electron chi connectivity index (χ1n) is 10.5. The SMILES string of the molecule is C=C(C)C(=O)OCCCCCC.O=C(O)C=Cc1ccc(OCc2ccc(F)cc2)cc1. The number of hydrogen-bond donors (Lipinski definition) is 1. The number of ether oxygens (including phenoxy) is 2. The molecule has 0 aliphatic carbocycles. The number of carboxylic acids is 1. The molecule has 0 aliphatic rings. The Kier molecular flexibility index (Phi) is 12.8. The maximum Gasteiger partial charge on any atom is 0.333 e. The van der Waals surface area contributed by atoms with E-state index in [1.54, 1.807) is 43.3 Å². The summed E-state index contributed by atoms with van der Waals surface area (Å²) in [6.45, 7) is 8.19. The summed E-state index contributed by atoms with van der Waals surface area (Å²) in [5.41, 5.74) is 2.13. The Morgan fingerprint density at radius 3 is 2.25 bits per heavy atom. The second-order valence-electron chi connectivity index (χ2n) is 7.13. The third-order valence-corrected chi connectivity index (χ3v) is 4.20. The topological polar surface area (TPSA) is 72.8 Å². The second kappa shape index (κ2) is 15.4. The van der Waals surface area contributed by atoms with Crippen molar-refractivity contribution in [3.8, 4) is 5.75 Å². The number of hydrogen-bond acceptors (Lipinski definition) is 4. The van der Waals surface area contributed by atoms with E-state index in [4.69, 9.17) is 14.6 Å². The average molecular weight is 443 g/mol. The molecule has 1 N–H and O–H groups in total. The number of carboxylic acid groups (broad SMARTS) is 1. The normalized spacial score (nSPS) is 10.2. The molecule has 5 nitrogen and oxygen atoms in total. The van der Waals surface area contributed by atoms with E-state index >= 15 is 0 Å². The zero-order valence-electron chi connectivity index (χ0n) is 18.7. The zero-order chi connectivity index (χ0) is 23.8. The van der Waals surface area contributed by atoms with Crippen LogP contribution in [0.2, 0.25) is 0 Å². The number of aliphatic carboxylic acids is 1. The molecular weight excluding hydrogens is 411 g/mol. The minimum absolute atomic E-state index is 0.272. The van der Waals surface area contributed by atoms with E-state index in [-0.39, 0.29) is 11.8 Å². The largest absolute Gasteiger partial charge is 0.489 e. The van der Waals surface area contributed by atoms with Crippen LogP contribution >= 0.6 is 0 Å². The van der Waals surface area contributed by atoms with Crippen molar-refractivity contribution in [2.45, 2.75) is 46.1 Å². The predicted octanol–water partition coefficient (Wildman–Crippen LogP) is 6.19. The van der Waals surface area contributed by atoms with Gasteiger partial charge in [-0.25, -0.2) is 14.0 Å². The molecular formula is C26H31FO5. The van der Waals surface area contributed by atoms with Crippen LogP contribution in [0.25, 0.3) is 6.08 Å². The summed E-state index contributed by atoms with van der Waals surface area (Å²) in [7, 11) is 0. The third-order valence-electron chi connectivity index (χ3n) is 4.20. The molecule has 0 aromatic heterocycles. The van der Waals surface area contributed by atoms with Gasteiger partial charge in [0.1, 0.15) is 18.2 Å². The minimum atomic E-state index is -0.985. The summed E-state index contributed by atoms with van der Waals surface area (Å²) in [4.78, 5) is 21.2. The molecule has 0 radical (unpaired) electrons. The van der Waals surface area contributed by atoms with Crippen molar-refractivity contribution in [2.24, 2.45) is 0 Å². The van der Waals surface area contributed by atoms with Crippen LogP contribution in [-0.4, -0.2) is 23.7 Å². The Bertz CT molecular complexity index is 870. The number of halogens is 1. The molecule has 0 amide bonds. The van der Waals surface area contributed by atoms with Crippen molar-refractivity contribution >= 4 is 18.0 Å². The van der Waals surface area contributed by atoms with Gasteiger partial charge in [-0.1, -0.05) is 57.0 Å². The summed E-state index contributed by atoms with van der Waals surface area (Å²) in [6.07, 6.45) is 7.10. The van der Waals surface area contributed by atoms with Crippen LogP contribution in [0.1, 0.15) is 50.7 Å². The van der Waals surface area contributed by atoms with Gasteiger partial charge in [0.25, 0.3) is 0 Å². The fourth-order valence-electron chi connectivity index (χ4n) is 2.41. The highest BCUT2D eigenvalue weighted by Crippen LogP contribution is 2.15. The van der Waals surface area contributed by atoms with Crippen LogP contribution in [0.3, 0.4) is 0 Å². The van der Waals surface area contributed by atoms with Crippen molar-refractivity contribution in [1.29, 1.82) is 0 Å². The monoisotopic (exact) mass is 442 g/mol. The minimum Gasteiger partial charge on any atom is -0.489 e. The van der Waals surface area contributed by atoms with Gasteiger partial charge in [0.05, 0.1) is 6.61 Å². The van der Waals surface area contributed by atoms with Crippen LogP contribution in [0, 0.1) is 5.82 Å². The standard InChI is InChI=1S/C16H13FO3.C10H18O2/c17-14-6-1-13(2-7-14)11-20-15-8-3-12(4-9-15)5-10-16(18)19;1-4-5-6-7-8-12-10(11)9(2)3/h1-10H,11H2,(H,18,19);2,4-8H2,1,3H3. The number of benzene rings is 2. The van der Waals surface area contributed by atoms with Gasteiger partial charge in [-0.3, -0.25) is 0 Å². The molecule has 0 aliphatic heterocycles. The Morgan fingerprint density at radius 2 is 1.69 bits per heavy atom. The lowest BCUT2D eigenvalue weighted by molar-refractivity contribution is -0.139.